The summed E-state index contributed by atoms with van der Waals surface area (Å²) in [5.41, 5.74) is 1.69. The largest absolute Gasteiger partial charge is 0.342 e. The summed E-state index contributed by atoms with van der Waals surface area (Å²) < 4.78 is 27.6. The second-order valence-corrected chi connectivity index (χ2v) is 7.34. The summed E-state index contributed by atoms with van der Waals surface area (Å²) in [6, 6.07) is 11.7. The molecule has 0 spiro atoms. The van der Waals surface area contributed by atoms with Gasteiger partial charge in [0.2, 0.25) is 5.79 Å². The lowest BCUT2D eigenvalue weighted by atomic mass is 10.1. The van der Waals surface area contributed by atoms with Gasteiger partial charge in [0.1, 0.15) is 5.82 Å². The Morgan fingerprint density at radius 1 is 1.19 bits per heavy atom. The third-order valence-electron chi connectivity index (χ3n) is 4.53. The van der Waals surface area contributed by atoms with Gasteiger partial charge in [-0.3, -0.25) is 0 Å². The molecule has 1 aliphatic heterocycles. The first-order chi connectivity index (χ1) is 13.0. The predicted molar refractivity (Wildman–Crippen MR) is 101 cm³/mol. The van der Waals surface area contributed by atoms with Crippen molar-refractivity contribution in [3.8, 4) is 0 Å². The van der Waals surface area contributed by atoms with Crippen LogP contribution in [0.2, 0.25) is 10.0 Å². The van der Waals surface area contributed by atoms with Gasteiger partial charge in [0.25, 0.3) is 0 Å². The van der Waals surface area contributed by atoms with Crippen LogP contribution in [0.5, 0.6) is 0 Å². The average molecular weight is 407 g/mol. The highest BCUT2D eigenvalue weighted by atomic mass is 35.5. The Balaban J connectivity index is 1.62. The third kappa shape index (κ3) is 4.01. The molecule has 0 bridgehead atoms. The lowest BCUT2D eigenvalue weighted by Crippen LogP contribution is -2.34. The van der Waals surface area contributed by atoms with Crippen LogP contribution in [-0.4, -0.2) is 22.3 Å². The first-order valence-corrected chi connectivity index (χ1v) is 9.27. The molecule has 2 heterocycles. The maximum atomic E-state index is 13.1. The number of imidazole rings is 1. The van der Waals surface area contributed by atoms with E-state index in [1.165, 1.54) is 12.1 Å². The Bertz CT molecular complexity index is 918. The van der Waals surface area contributed by atoms with E-state index in [1.807, 2.05) is 16.8 Å². The van der Waals surface area contributed by atoms with Crippen LogP contribution in [0.1, 0.15) is 11.1 Å². The summed E-state index contributed by atoms with van der Waals surface area (Å²) in [5.74, 6) is -1.31. The van der Waals surface area contributed by atoms with Gasteiger partial charge in [-0.25, -0.2) is 9.37 Å². The molecule has 2 aromatic carbocycles. The van der Waals surface area contributed by atoms with Crippen LogP contribution in [0.25, 0.3) is 0 Å². The highest BCUT2D eigenvalue weighted by Gasteiger charge is 2.45. The van der Waals surface area contributed by atoms with Crippen LogP contribution in [0.4, 0.5) is 4.39 Å². The van der Waals surface area contributed by atoms with E-state index in [1.54, 1.807) is 36.8 Å². The number of aromatic nitrogens is 2. The average Bonchev–Trinajstić information content (AvgIpc) is 3.28. The van der Waals surface area contributed by atoms with E-state index in [2.05, 4.69) is 4.98 Å². The van der Waals surface area contributed by atoms with E-state index in [4.69, 9.17) is 32.7 Å². The van der Waals surface area contributed by atoms with E-state index in [9.17, 15) is 4.39 Å². The minimum Gasteiger partial charge on any atom is -0.342 e. The van der Waals surface area contributed by atoms with Crippen molar-refractivity contribution in [3.05, 3.63) is 88.2 Å². The van der Waals surface area contributed by atoms with Crippen molar-refractivity contribution >= 4 is 23.2 Å². The van der Waals surface area contributed by atoms with E-state index < -0.39 is 5.79 Å². The maximum Gasteiger partial charge on any atom is 0.215 e. The highest BCUT2D eigenvalue weighted by molar-refractivity contribution is 6.35. The molecular formula is C20H17Cl2FN2O2. The van der Waals surface area contributed by atoms with Crippen molar-refractivity contribution in [2.75, 3.05) is 6.61 Å². The lowest BCUT2D eigenvalue weighted by Gasteiger charge is -2.30. The molecule has 1 aliphatic rings. The molecule has 4 nitrogen and oxygen atoms in total. The number of hydrogen-bond acceptors (Lipinski definition) is 3. The molecule has 2 atom stereocenters. The number of halogens is 3. The molecule has 7 heteroatoms. The van der Waals surface area contributed by atoms with Crippen LogP contribution in [-0.2, 0) is 28.2 Å². The molecule has 3 aromatic rings. The Hall–Kier alpha value is -1.92. The molecule has 1 fully saturated rings. The van der Waals surface area contributed by atoms with Gasteiger partial charge in [0.05, 0.1) is 30.6 Å². The van der Waals surface area contributed by atoms with E-state index >= 15 is 0 Å². The maximum absolute atomic E-state index is 13.1. The van der Waals surface area contributed by atoms with Crippen LogP contribution in [0, 0.1) is 5.82 Å². The molecule has 0 saturated carbocycles. The van der Waals surface area contributed by atoms with Crippen LogP contribution in [0.3, 0.4) is 0 Å². The van der Waals surface area contributed by atoms with Crippen molar-refractivity contribution < 1.29 is 13.9 Å². The van der Waals surface area contributed by atoms with Crippen LogP contribution < -0.4 is 0 Å². The van der Waals surface area contributed by atoms with E-state index in [0.717, 1.165) is 5.56 Å². The van der Waals surface area contributed by atoms with Crippen LogP contribution in [0.15, 0.2) is 61.2 Å². The minimum absolute atomic E-state index is 0.189. The summed E-state index contributed by atoms with van der Waals surface area (Å²) in [6.07, 6.45) is 5.65. The van der Waals surface area contributed by atoms with Gasteiger partial charge in [0.15, 0.2) is 0 Å². The van der Waals surface area contributed by atoms with Crippen molar-refractivity contribution in [1.29, 1.82) is 0 Å². The smallest absolute Gasteiger partial charge is 0.215 e. The summed E-state index contributed by atoms with van der Waals surface area (Å²) in [5, 5.41) is 1.02. The van der Waals surface area contributed by atoms with Gasteiger partial charge in [0, 0.05) is 29.4 Å². The standard InChI is InChI=1S/C20H17Cl2FN2O2/c21-15-3-6-18(19(22)10-15)20(12-25-8-7-24-13-25)26-11-17(27-20)9-14-1-4-16(23)5-2-14/h1-8,10,13,17H,9,11-12H2. The van der Waals surface area contributed by atoms with Crippen molar-refractivity contribution in [1.82, 2.24) is 9.55 Å². The summed E-state index contributed by atoms with van der Waals surface area (Å²) in [6.45, 7) is 0.791. The van der Waals surface area contributed by atoms with Gasteiger partial charge in [-0.1, -0.05) is 41.4 Å². The fourth-order valence-electron chi connectivity index (χ4n) is 3.28. The minimum atomic E-state index is -1.05. The molecule has 0 radical (unpaired) electrons. The zero-order valence-corrected chi connectivity index (χ0v) is 15.8. The summed E-state index contributed by atoms with van der Waals surface area (Å²) in [4.78, 5) is 4.08. The molecule has 0 amide bonds. The Kier molecular flexibility index (Phi) is 5.19. The van der Waals surface area contributed by atoms with Crippen molar-refractivity contribution in [2.24, 2.45) is 0 Å². The quantitative estimate of drug-likeness (QED) is 0.607. The highest BCUT2D eigenvalue weighted by Crippen LogP contribution is 2.41. The molecule has 140 valence electrons. The molecule has 4 rings (SSSR count). The van der Waals surface area contributed by atoms with E-state index in [-0.39, 0.29) is 11.9 Å². The molecular weight excluding hydrogens is 390 g/mol. The topological polar surface area (TPSA) is 36.3 Å². The van der Waals surface area contributed by atoms with Gasteiger partial charge in [-0.05, 0) is 29.8 Å². The number of ether oxygens (including phenoxy) is 2. The van der Waals surface area contributed by atoms with Crippen molar-refractivity contribution in [3.63, 3.8) is 0 Å². The number of hydrogen-bond donors (Lipinski definition) is 0. The summed E-state index contributed by atoms with van der Waals surface area (Å²) >= 11 is 12.5. The molecule has 27 heavy (non-hydrogen) atoms. The molecule has 2 unspecified atom stereocenters. The molecule has 0 N–H and O–H groups in total. The first kappa shape index (κ1) is 18.4. The first-order valence-electron chi connectivity index (χ1n) is 8.51. The van der Waals surface area contributed by atoms with Crippen molar-refractivity contribution in [2.45, 2.75) is 24.9 Å². The zero-order chi connectivity index (χ0) is 18.9. The van der Waals surface area contributed by atoms with E-state index in [0.29, 0.717) is 35.2 Å². The number of benzene rings is 2. The summed E-state index contributed by atoms with van der Waals surface area (Å²) in [7, 11) is 0. The Labute approximate surface area is 166 Å². The fourth-order valence-corrected chi connectivity index (χ4v) is 3.83. The second kappa shape index (κ2) is 7.60. The van der Waals surface area contributed by atoms with Gasteiger partial charge in [-0.15, -0.1) is 0 Å². The number of rotatable bonds is 5. The second-order valence-electron chi connectivity index (χ2n) is 6.49. The molecule has 1 saturated heterocycles. The normalized spacial score (nSPS) is 22.3. The zero-order valence-electron chi connectivity index (χ0n) is 14.3. The van der Waals surface area contributed by atoms with Crippen LogP contribution >= 0.6 is 23.2 Å². The van der Waals surface area contributed by atoms with Gasteiger partial charge >= 0.3 is 0 Å². The lowest BCUT2D eigenvalue weighted by molar-refractivity contribution is -0.186. The number of nitrogens with zero attached hydrogens (tertiary/aromatic N) is 2. The molecule has 0 aliphatic carbocycles. The third-order valence-corrected chi connectivity index (χ3v) is 5.08. The fraction of sp³-hybridized carbons (Fsp3) is 0.250. The van der Waals surface area contributed by atoms with Gasteiger partial charge in [-0.2, -0.15) is 0 Å². The monoisotopic (exact) mass is 406 g/mol. The SMILES string of the molecule is Fc1ccc(CC2COC(Cn3ccnc3)(c3ccc(Cl)cc3Cl)O2)cc1. The Morgan fingerprint density at radius 2 is 2.00 bits per heavy atom. The predicted octanol–water partition coefficient (Wildman–Crippen LogP) is 4.84. The van der Waals surface area contributed by atoms with Gasteiger partial charge < -0.3 is 14.0 Å². The molecule has 1 aromatic heterocycles. The Morgan fingerprint density at radius 3 is 2.70 bits per heavy atom.